The van der Waals surface area contributed by atoms with Gasteiger partial charge < -0.3 is 5.32 Å². The van der Waals surface area contributed by atoms with E-state index in [1.54, 1.807) is 0 Å². The van der Waals surface area contributed by atoms with E-state index in [1.807, 2.05) is 12.4 Å². The summed E-state index contributed by atoms with van der Waals surface area (Å²) in [4.78, 5) is 6.63. The van der Waals surface area contributed by atoms with Gasteiger partial charge in [-0.25, -0.2) is 0 Å². The maximum atomic E-state index is 4.03. The maximum Gasteiger partial charge on any atom is 0.0271 e. The lowest BCUT2D eigenvalue weighted by molar-refractivity contribution is 0.170. The molecular formula is C14H23N3. The zero-order valence-electron chi connectivity index (χ0n) is 10.7. The molecule has 0 spiro atoms. The van der Waals surface area contributed by atoms with Gasteiger partial charge in [-0.15, -0.1) is 0 Å². The second-order valence-electron chi connectivity index (χ2n) is 4.93. The number of hydrogen-bond acceptors (Lipinski definition) is 3. The van der Waals surface area contributed by atoms with E-state index < -0.39 is 0 Å². The molecule has 17 heavy (non-hydrogen) atoms. The largest absolute Gasteiger partial charge is 0.311 e. The average molecular weight is 233 g/mol. The fourth-order valence-electron chi connectivity index (χ4n) is 2.41. The number of hydrogen-bond donors (Lipinski definition) is 1. The Morgan fingerprint density at radius 2 is 1.94 bits per heavy atom. The highest BCUT2D eigenvalue weighted by molar-refractivity contribution is 5.08. The molecule has 94 valence electrons. The first-order valence-corrected chi connectivity index (χ1v) is 6.70. The zero-order valence-corrected chi connectivity index (χ0v) is 10.7. The van der Waals surface area contributed by atoms with E-state index in [9.17, 15) is 0 Å². The van der Waals surface area contributed by atoms with Crippen LogP contribution >= 0.6 is 0 Å². The molecule has 0 amide bonds. The van der Waals surface area contributed by atoms with Gasteiger partial charge in [0.15, 0.2) is 0 Å². The lowest BCUT2D eigenvalue weighted by Crippen LogP contribution is -2.42. The summed E-state index contributed by atoms with van der Waals surface area (Å²) in [5, 5.41) is 3.53. The van der Waals surface area contributed by atoms with Gasteiger partial charge in [0.05, 0.1) is 0 Å². The molecule has 3 nitrogen and oxygen atoms in total. The molecular weight excluding hydrogens is 210 g/mol. The summed E-state index contributed by atoms with van der Waals surface area (Å²) in [6.45, 7) is 6.89. The van der Waals surface area contributed by atoms with Crippen LogP contribution in [0.4, 0.5) is 0 Å². The Morgan fingerprint density at radius 3 is 2.65 bits per heavy atom. The summed E-state index contributed by atoms with van der Waals surface area (Å²) < 4.78 is 0. The molecule has 1 aliphatic rings. The molecule has 0 bridgehead atoms. The van der Waals surface area contributed by atoms with E-state index in [0.717, 1.165) is 13.1 Å². The van der Waals surface area contributed by atoms with Crippen molar-refractivity contribution in [2.45, 2.75) is 38.8 Å². The monoisotopic (exact) mass is 233 g/mol. The summed E-state index contributed by atoms with van der Waals surface area (Å²) >= 11 is 0. The molecule has 1 aliphatic heterocycles. The highest BCUT2D eigenvalue weighted by Gasteiger charge is 2.15. The van der Waals surface area contributed by atoms with Gasteiger partial charge in [-0.05, 0) is 50.6 Å². The van der Waals surface area contributed by atoms with Crippen molar-refractivity contribution in [2.75, 3.05) is 19.6 Å². The summed E-state index contributed by atoms with van der Waals surface area (Å²) in [5.41, 5.74) is 1.31. The molecule has 0 aromatic carbocycles. The van der Waals surface area contributed by atoms with Gasteiger partial charge in [-0.3, -0.25) is 9.88 Å². The van der Waals surface area contributed by atoms with Gasteiger partial charge in [0, 0.05) is 31.5 Å². The van der Waals surface area contributed by atoms with E-state index in [1.165, 1.54) is 37.9 Å². The predicted octanol–water partition coefficient (Wildman–Crippen LogP) is 2.05. The third-order valence-corrected chi connectivity index (χ3v) is 3.53. The van der Waals surface area contributed by atoms with Crippen LogP contribution in [0.25, 0.3) is 0 Å². The van der Waals surface area contributed by atoms with E-state index in [-0.39, 0.29) is 0 Å². The molecule has 3 heteroatoms. The smallest absolute Gasteiger partial charge is 0.0271 e. The average Bonchev–Trinajstić information content (AvgIpc) is 2.41. The molecule has 1 atom stereocenters. The molecule has 1 fully saturated rings. The minimum absolute atomic E-state index is 0.650. The van der Waals surface area contributed by atoms with Crippen molar-refractivity contribution < 1.29 is 0 Å². The molecule has 0 aliphatic carbocycles. The molecule has 1 aromatic heterocycles. The van der Waals surface area contributed by atoms with Crippen LogP contribution < -0.4 is 5.32 Å². The lowest BCUT2D eigenvalue weighted by atomic mass is 10.1. The van der Waals surface area contributed by atoms with Crippen LogP contribution in [0.15, 0.2) is 24.5 Å². The number of aromatic nitrogens is 1. The number of pyridine rings is 1. The standard InChI is InChI=1S/C14H23N3/c1-13(17-9-3-2-4-10-17)11-16-12-14-5-7-15-8-6-14/h5-8,13,16H,2-4,9-12H2,1H3. The summed E-state index contributed by atoms with van der Waals surface area (Å²) in [6.07, 6.45) is 7.85. The minimum Gasteiger partial charge on any atom is -0.311 e. The van der Waals surface area contributed by atoms with Crippen LogP contribution in [0.3, 0.4) is 0 Å². The van der Waals surface area contributed by atoms with Gasteiger partial charge in [-0.1, -0.05) is 6.42 Å². The van der Waals surface area contributed by atoms with Crippen LogP contribution in [-0.2, 0) is 6.54 Å². The number of nitrogens with zero attached hydrogens (tertiary/aromatic N) is 2. The Hall–Kier alpha value is -0.930. The molecule has 2 heterocycles. The Morgan fingerprint density at radius 1 is 1.24 bits per heavy atom. The van der Waals surface area contributed by atoms with Crippen LogP contribution in [0, 0.1) is 0 Å². The normalized spacial score (nSPS) is 19.1. The topological polar surface area (TPSA) is 28.2 Å². The lowest BCUT2D eigenvalue weighted by Gasteiger charge is -2.32. The van der Waals surface area contributed by atoms with Crippen LogP contribution in [0.1, 0.15) is 31.7 Å². The fourth-order valence-corrected chi connectivity index (χ4v) is 2.41. The van der Waals surface area contributed by atoms with Crippen LogP contribution in [0.2, 0.25) is 0 Å². The van der Waals surface area contributed by atoms with Crippen LogP contribution in [-0.4, -0.2) is 35.6 Å². The SMILES string of the molecule is CC(CNCc1ccncc1)N1CCCCC1. The van der Waals surface area contributed by atoms with Crippen molar-refractivity contribution in [2.24, 2.45) is 0 Å². The van der Waals surface area contributed by atoms with Gasteiger partial charge in [0.2, 0.25) is 0 Å². The molecule has 1 aromatic rings. The van der Waals surface area contributed by atoms with Crippen molar-refractivity contribution in [1.82, 2.24) is 15.2 Å². The number of rotatable bonds is 5. The minimum atomic E-state index is 0.650. The van der Waals surface area contributed by atoms with Crippen LogP contribution in [0.5, 0.6) is 0 Å². The Bertz CT molecular complexity index is 307. The first kappa shape index (κ1) is 12.5. The number of likely N-dealkylation sites (tertiary alicyclic amines) is 1. The Labute approximate surface area is 104 Å². The van der Waals surface area contributed by atoms with Gasteiger partial charge in [0.1, 0.15) is 0 Å². The van der Waals surface area contributed by atoms with Gasteiger partial charge in [0.25, 0.3) is 0 Å². The van der Waals surface area contributed by atoms with Crippen molar-refractivity contribution in [1.29, 1.82) is 0 Å². The third kappa shape index (κ3) is 4.10. The van der Waals surface area contributed by atoms with Gasteiger partial charge in [-0.2, -0.15) is 0 Å². The van der Waals surface area contributed by atoms with Crippen molar-refractivity contribution in [3.8, 4) is 0 Å². The molecule has 1 N–H and O–H groups in total. The first-order valence-electron chi connectivity index (χ1n) is 6.70. The van der Waals surface area contributed by atoms with Crippen molar-refractivity contribution in [3.05, 3.63) is 30.1 Å². The second kappa shape index (κ2) is 6.72. The van der Waals surface area contributed by atoms with E-state index in [4.69, 9.17) is 0 Å². The molecule has 1 saturated heterocycles. The fraction of sp³-hybridized carbons (Fsp3) is 0.643. The first-order chi connectivity index (χ1) is 8.36. The van der Waals surface area contributed by atoms with Crippen molar-refractivity contribution in [3.63, 3.8) is 0 Å². The van der Waals surface area contributed by atoms with E-state index >= 15 is 0 Å². The second-order valence-corrected chi connectivity index (χ2v) is 4.93. The Balaban J connectivity index is 1.67. The number of nitrogens with one attached hydrogen (secondary N) is 1. The summed E-state index contributed by atoms with van der Waals surface area (Å²) in [6, 6.07) is 4.79. The summed E-state index contributed by atoms with van der Waals surface area (Å²) in [7, 11) is 0. The van der Waals surface area contributed by atoms with E-state index in [2.05, 4.69) is 34.3 Å². The predicted molar refractivity (Wildman–Crippen MR) is 70.8 cm³/mol. The molecule has 0 saturated carbocycles. The highest BCUT2D eigenvalue weighted by Crippen LogP contribution is 2.11. The summed E-state index contributed by atoms with van der Waals surface area (Å²) in [5.74, 6) is 0. The van der Waals surface area contributed by atoms with Gasteiger partial charge >= 0.3 is 0 Å². The Kier molecular flexibility index (Phi) is 4.95. The van der Waals surface area contributed by atoms with Crippen molar-refractivity contribution >= 4 is 0 Å². The quantitative estimate of drug-likeness (QED) is 0.843. The zero-order chi connectivity index (χ0) is 11.9. The molecule has 0 radical (unpaired) electrons. The molecule has 1 unspecified atom stereocenters. The third-order valence-electron chi connectivity index (χ3n) is 3.53. The maximum absolute atomic E-state index is 4.03. The number of piperidine rings is 1. The molecule has 2 rings (SSSR count). The highest BCUT2D eigenvalue weighted by atomic mass is 15.2. The van der Waals surface area contributed by atoms with E-state index in [0.29, 0.717) is 6.04 Å².